The first kappa shape index (κ1) is 12.3. The van der Waals surface area contributed by atoms with Crippen LogP contribution in [0.2, 0.25) is 0 Å². The highest BCUT2D eigenvalue weighted by Gasteiger charge is 2.15. The standard InChI is InChI=1S/C12H11Br2NS/c1-15-11(12-10(14)6-7-16-12)8-2-4-9(13)5-3-8/h2-7,11,15H,1H3. The summed E-state index contributed by atoms with van der Waals surface area (Å²) in [6.07, 6.45) is 0. The predicted octanol–water partition coefficient (Wildman–Crippen LogP) is 4.58. The largest absolute Gasteiger partial charge is 0.309 e. The molecule has 0 aliphatic carbocycles. The second-order valence-electron chi connectivity index (χ2n) is 3.41. The fraction of sp³-hybridized carbons (Fsp3) is 0.167. The van der Waals surface area contributed by atoms with Crippen LogP contribution in [0.15, 0.2) is 44.7 Å². The molecule has 1 N–H and O–H groups in total. The van der Waals surface area contributed by atoms with Gasteiger partial charge in [-0.3, -0.25) is 0 Å². The Bertz CT molecular complexity index is 464. The summed E-state index contributed by atoms with van der Waals surface area (Å²) < 4.78 is 2.27. The highest BCUT2D eigenvalue weighted by atomic mass is 79.9. The first-order chi connectivity index (χ1) is 7.72. The molecule has 1 unspecified atom stereocenters. The van der Waals surface area contributed by atoms with Crippen LogP contribution in [0.4, 0.5) is 0 Å². The SMILES string of the molecule is CNC(c1ccc(Br)cc1)c1sccc1Br. The minimum Gasteiger partial charge on any atom is -0.309 e. The average molecular weight is 361 g/mol. The van der Waals surface area contributed by atoms with Gasteiger partial charge in [-0.15, -0.1) is 11.3 Å². The zero-order valence-electron chi connectivity index (χ0n) is 8.71. The van der Waals surface area contributed by atoms with Gasteiger partial charge in [-0.1, -0.05) is 28.1 Å². The van der Waals surface area contributed by atoms with Gasteiger partial charge in [0.15, 0.2) is 0 Å². The fourth-order valence-corrected chi connectivity index (χ4v) is 3.62. The molecule has 1 aromatic carbocycles. The van der Waals surface area contributed by atoms with Crippen LogP contribution in [0.5, 0.6) is 0 Å². The van der Waals surface area contributed by atoms with E-state index >= 15 is 0 Å². The van der Waals surface area contributed by atoms with Gasteiger partial charge < -0.3 is 5.32 Å². The van der Waals surface area contributed by atoms with Gasteiger partial charge in [-0.05, 0) is 52.1 Å². The molecule has 1 aromatic heterocycles. The molecule has 0 aliphatic heterocycles. The third-order valence-corrected chi connectivity index (χ3v) is 4.86. The van der Waals surface area contributed by atoms with Crippen molar-refractivity contribution in [2.45, 2.75) is 6.04 Å². The lowest BCUT2D eigenvalue weighted by Gasteiger charge is -2.16. The summed E-state index contributed by atoms with van der Waals surface area (Å²) >= 11 is 8.79. The van der Waals surface area contributed by atoms with E-state index in [4.69, 9.17) is 0 Å². The Morgan fingerprint density at radius 2 is 1.81 bits per heavy atom. The van der Waals surface area contributed by atoms with E-state index in [1.54, 1.807) is 11.3 Å². The molecule has 0 saturated heterocycles. The van der Waals surface area contributed by atoms with Gasteiger partial charge in [0.05, 0.1) is 6.04 Å². The first-order valence-corrected chi connectivity index (χ1v) is 7.34. The summed E-state index contributed by atoms with van der Waals surface area (Å²) in [5.41, 5.74) is 1.27. The topological polar surface area (TPSA) is 12.0 Å². The molecule has 0 radical (unpaired) electrons. The quantitative estimate of drug-likeness (QED) is 0.844. The van der Waals surface area contributed by atoms with Gasteiger partial charge in [-0.2, -0.15) is 0 Å². The van der Waals surface area contributed by atoms with Crippen LogP contribution in [-0.4, -0.2) is 7.05 Å². The molecule has 4 heteroatoms. The number of hydrogen-bond acceptors (Lipinski definition) is 2. The summed E-state index contributed by atoms with van der Waals surface area (Å²) in [5, 5.41) is 5.45. The molecule has 2 rings (SSSR count). The zero-order chi connectivity index (χ0) is 11.5. The van der Waals surface area contributed by atoms with E-state index in [0.717, 1.165) is 4.47 Å². The maximum atomic E-state index is 3.58. The molecule has 16 heavy (non-hydrogen) atoms. The molecule has 2 aromatic rings. The summed E-state index contributed by atoms with van der Waals surface area (Å²) in [6.45, 7) is 0. The summed E-state index contributed by atoms with van der Waals surface area (Å²) in [4.78, 5) is 1.31. The van der Waals surface area contributed by atoms with Crippen LogP contribution in [0.25, 0.3) is 0 Å². The van der Waals surface area contributed by atoms with Crippen molar-refractivity contribution in [3.8, 4) is 0 Å². The normalized spacial score (nSPS) is 12.7. The molecule has 1 heterocycles. The van der Waals surface area contributed by atoms with Gasteiger partial charge in [-0.25, -0.2) is 0 Å². The third kappa shape index (κ3) is 2.56. The minimum atomic E-state index is 0.252. The van der Waals surface area contributed by atoms with E-state index in [9.17, 15) is 0 Å². The molecule has 1 atom stereocenters. The average Bonchev–Trinajstić information content (AvgIpc) is 2.69. The van der Waals surface area contributed by atoms with Gasteiger partial charge in [0.2, 0.25) is 0 Å². The van der Waals surface area contributed by atoms with Gasteiger partial charge in [0.25, 0.3) is 0 Å². The van der Waals surface area contributed by atoms with Crippen LogP contribution in [0.3, 0.4) is 0 Å². The summed E-state index contributed by atoms with van der Waals surface area (Å²) in [7, 11) is 1.98. The lowest BCUT2D eigenvalue weighted by atomic mass is 10.1. The van der Waals surface area contributed by atoms with Crippen LogP contribution in [0, 0.1) is 0 Å². The van der Waals surface area contributed by atoms with E-state index in [2.05, 4.69) is 72.9 Å². The number of thiophene rings is 1. The number of halogens is 2. The molecule has 0 amide bonds. The highest BCUT2D eigenvalue weighted by Crippen LogP contribution is 2.33. The lowest BCUT2D eigenvalue weighted by Crippen LogP contribution is -2.16. The van der Waals surface area contributed by atoms with Crippen molar-refractivity contribution in [3.63, 3.8) is 0 Å². The molecule has 0 saturated carbocycles. The smallest absolute Gasteiger partial charge is 0.0680 e. The van der Waals surface area contributed by atoms with Crippen LogP contribution in [0.1, 0.15) is 16.5 Å². The Morgan fingerprint density at radius 3 is 2.31 bits per heavy atom. The summed E-state index contributed by atoms with van der Waals surface area (Å²) in [5.74, 6) is 0. The maximum absolute atomic E-state index is 3.58. The Balaban J connectivity index is 2.37. The summed E-state index contributed by atoms with van der Waals surface area (Å²) in [6, 6.07) is 10.8. The predicted molar refractivity (Wildman–Crippen MR) is 77.1 cm³/mol. The van der Waals surface area contributed by atoms with Crippen LogP contribution >= 0.6 is 43.2 Å². The van der Waals surface area contributed by atoms with Crippen molar-refractivity contribution < 1.29 is 0 Å². The minimum absolute atomic E-state index is 0.252. The molecular formula is C12H11Br2NS. The molecule has 0 aliphatic rings. The van der Waals surface area contributed by atoms with E-state index in [1.807, 2.05) is 7.05 Å². The molecule has 0 fully saturated rings. The van der Waals surface area contributed by atoms with Gasteiger partial charge in [0, 0.05) is 13.8 Å². The monoisotopic (exact) mass is 359 g/mol. The third-order valence-electron chi connectivity index (χ3n) is 2.40. The molecule has 1 nitrogen and oxygen atoms in total. The van der Waals surface area contributed by atoms with E-state index in [-0.39, 0.29) is 6.04 Å². The molecule has 0 bridgehead atoms. The number of nitrogens with one attached hydrogen (secondary N) is 1. The van der Waals surface area contributed by atoms with Crippen molar-refractivity contribution in [1.82, 2.24) is 5.32 Å². The van der Waals surface area contributed by atoms with Crippen LogP contribution < -0.4 is 5.32 Å². The second kappa shape index (κ2) is 5.45. The molecular weight excluding hydrogens is 350 g/mol. The van der Waals surface area contributed by atoms with Crippen molar-refractivity contribution >= 4 is 43.2 Å². The number of hydrogen-bond donors (Lipinski definition) is 1. The highest BCUT2D eigenvalue weighted by molar-refractivity contribution is 9.10. The van der Waals surface area contributed by atoms with Crippen molar-refractivity contribution in [3.05, 3.63) is 55.1 Å². The van der Waals surface area contributed by atoms with Crippen molar-refractivity contribution in [1.29, 1.82) is 0 Å². The van der Waals surface area contributed by atoms with Crippen molar-refractivity contribution in [2.75, 3.05) is 7.05 Å². The fourth-order valence-electron chi connectivity index (χ4n) is 1.62. The zero-order valence-corrected chi connectivity index (χ0v) is 12.7. The maximum Gasteiger partial charge on any atom is 0.0680 e. The molecule has 84 valence electrons. The van der Waals surface area contributed by atoms with E-state index in [1.165, 1.54) is 14.9 Å². The lowest BCUT2D eigenvalue weighted by molar-refractivity contribution is 0.701. The Labute approximate surface area is 116 Å². The van der Waals surface area contributed by atoms with Crippen LogP contribution in [-0.2, 0) is 0 Å². The Morgan fingerprint density at radius 1 is 1.12 bits per heavy atom. The number of benzene rings is 1. The van der Waals surface area contributed by atoms with Gasteiger partial charge >= 0.3 is 0 Å². The second-order valence-corrected chi connectivity index (χ2v) is 6.12. The van der Waals surface area contributed by atoms with E-state index < -0.39 is 0 Å². The Kier molecular flexibility index (Phi) is 4.19. The first-order valence-electron chi connectivity index (χ1n) is 4.88. The van der Waals surface area contributed by atoms with Gasteiger partial charge in [0.1, 0.15) is 0 Å². The molecule has 0 spiro atoms. The number of rotatable bonds is 3. The van der Waals surface area contributed by atoms with E-state index in [0.29, 0.717) is 0 Å². The Hall–Kier alpha value is -0.160. The van der Waals surface area contributed by atoms with Crippen molar-refractivity contribution in [2.24, 2.45) is 0 Å².